The number of rotatable bonds is 5. The van der Waals surface area contributed by atoms with Gasteiger partial charge in [-0.15, -0.1) is 11.6 Å². The highest BCUT2D eigenvalue weighted by atomic mass is 35.5. The van der Waals surface area contributed by atoms with Crippen LogP contribution in [0.15, 0.2) is 24.3 Å². The second-order valence-corrected chi connectivity index (χ2v) is 4.83. The Hall–Kier alpha value is -1.06. The Morgan fingerprint density at radius 1 is 1.41 bits per heavy atom. The Balaban J connectivity index is 2.84. The molecular formula is C13H18ClNO2. The largest absolute Gasteiger partial charge is 0.380 e. The average Bonchev–Trinajstić information content (AvgIpc) is 2.32. The zero-order chi connectivity index (χ0) is 12.9. The highest BCUT2D eigenvalue weighted by Gasteiger charge is 2.26. The molecule has 0 fully saturated rings. The first kappa shape index (κ1) is 14.0. The molecule has 0 radical (unpaired) electrons. The average molecular weight is 256 g/mol. The number of carbonyl (C=O) groups is 1. The Morgan fingerprint density at radius 2 is 2.06 bits per heavy atom. The highest BCUT2D eigenvalue weighted by Crippen LogP contribution is 2.22. The lowest BCUT2D eigenvalue weighted by Gasteiger charge is -2.21. The molecule has 1 aromatic carbocycles. The summed E-state index contributed by atoms with van der Waals surface area (Å²) >= 11 is 5.77. The SMILES string of the molecule is COCc1ccccc1NC(=O)C(C)(C)CCl. The molecule has 0 aromatic heterocycles. The molecule has 4 heteroatoms. The van der Waals surface area contributed by atoms with Crippen molar-refractivity contribution in [2.75, 3.05) is 18.3 Å². The van der Waals surface area contributed by atoms with Gasteiger partial charge in [0, 0.05) is 24.2 Å². The Morgan fingerprint density at radius 3 is 2.65 bits per heavy atom. The molecule has 1 aromatic rings. The molecule has 1 N–H and O–H groups in total. The maximum absolute atomic E-state index is 12.0. The zero-order valence-electron chi connectivity index (χ0n) is 10.4. The second kappa shape index (κ2) is 6.03. The molecule has 0 saturated heterocycles. The van der Waals surface area contributed by atoms with Crippen LogP contribution in [0.25, 0.3) is 0 Å². The van der Waals surface area contributed by atoms with Crippen LogP contribution in [0.5, 0.6) is 0 Å². The summed E-state index contributed by atoms with van der Waals surface area (Å²) in [5.74, 6) is 0.196. The van der Waals surface area contributed by atoms with Crippen molar-refractivity contribution in [1.29, 1.82) is 0 Å². The number of alkyl halides is 1. The molecule has 3 nitrogen and oxygen atoms in total. The molecular weight excluding hydrogens is 238 g/mol. The van der Waals surface area contributed by atoms with Crippen molar-refractivity contribution in [2.45, 2.75) is 20.5 Å². The van der Waals surface area contributed by atoms with E-state index in [-0.39, 0.29) is 11.8 Å². The summed E-state index contributed by atoms with van der Waals surface area (Å²) in [4.78, 5) is 12.0. The maximum atomic E-state index is 12.0. The summed E-state index contributed by atoms with van der Waals surface area (Å²) in [6.45, 7) is 4.10. The number of amides is 1. The fraction of sp³-hybridized carbons (Fsp3) is 0.462. The fourth-order valence-corrected chi connectivity index (χ4v) is 1.40. The van der Waals surface area contributed by atoms with Crippen molar-refractivity contribution >= 4 is 23.2 Å². The molecule has 0 aliphatic heterocycles. The van der Waals surface area contributed by atoms with Crippen LogP contribution in [-0.2, 0) is 16.1 Å². The van der Waals surface area contributed by atoms with Crippen LogP contribution in [0.3, 0.4) is 0 Å². The van der Waals surface area contributed by atoms with Crippen LogP contribution in [-0.4, -0.2) is 18.9 Å². The van der Waals surface area contributed by atoms with Gasteiger partial charge in [0.25, 0.3) is 0 Å². The van der Waals surface area contributed by atoms with Gasteiger partial charge in [-0.3, -0.25) is 4.79 Å². The molecule has 1 amide bonds. The monoisotopic (exact) mass is 255 g/mol. The smallest absolute Gasteiger partial charge is 0.231 e. The normalized spacial score (nSPS) is 11.3. The number of anilines is 1. The van der Waals surface area contributed by atoms with E-state index in [4.69, 9.17) is 16.3 Å². The maximum Gasteiger partial charge on any atom is 0.231 e. The minimum Gasteiger partial charge on any atom is -0.380 e. The number of halogens is 1. The highest BCUT2D eigenvalue weighted by molar-refractivity contribution is 6.20. The second-order valence-electron chi connectivity index (χ2n) is 4.56. The Kier molecular flexibility index (Phi) is 4.97. The standard InChI is InChI=1S/C13H18ClNO2/c1-13(2,9-14)12(16)15-11-7-5-4-6-10(11)8-17-3/h4-7H,8-9H2,1-3H3,(H,15,16). The number of ether oxygens (including phenoxy) is 1. The van der Waals surface area contributed by atoms with Crippen molar-refractivity contribution in [3.8, 4) is 0 Å². The minimum atomic E-state index is -0.582. The molecule has 0 atom stereocenters. The first-order chi connectivity index (χ1) is 8.01. The van der Waals surface area contributed by atoms with Crippen LogP contribution in [0.2, 0.25) is 0 Å². The Bertz CT molecular complexity index is 391. The van der Waals surface area contributed by atoms with E-state index in [1.165, 1.54) is 0 Å². The fourth-order valence-electron chi connectivity index (χ4n) is 1.28. The molecule has 0 saturated carbocycles. The van der Waals surface area contributed by atoms with Gasteiger partial charge >= 0.3 is 0 Å². The third-order valence-corrected chi connectivity index (χ3v) is 3.18. The van der Waals surface area contributed by atoms with Crippen molar-refractivity contribution in [3.05, 3.63) is 29.8 Å². The molecule has 0 unspecified atom stereocenters. The topological polar surface area (TPSA) is 38.3 Å². The molecule has 0 heterocycles. The van der Waals surface area contributed by atoms with Crippen LogP contribution in [0.4, 0.5) is 5.69 Å². The first-order valence-electron chi connectivity index (χ1n) is 5.45. The predicted octanol–water partition coefficient (Wildman–Crippen LogP) is 3.04. The third-order valence-electron chi connectivity index (χ3n) is 2.51. The lowest BCUT2D eigenvalue weighted by atomic mass is 9.95. The van der Waals surface area contributed by atoms with E-state index in [2.05, 4.69) is 5.32 Å². The number of carbonyl (C=O) groups excluding carboxylic acids is 1. The predicted molar refractivity (Wildman–Crippen MR) is 70.3 cm³/mol. The third kappa shape index (κ3) is 3.72. The van der Waals surface area contributed by atoms with E-state index >= 15 is 0 Å². The summed E-state index contributed by atoms with van der Waals surface area (Å²) in [6.07, 6.45) is 0. The summed E-state index contributed by atoms with van der Waals surface area (Å²) in [5.41, 5.74) is 1.15. The van der Waals surface area contributed by atoms with Gasteiger partial charge in [0.15, 0.2) is 0 Å². The van der Waals surface area contributed by atoms with Gasteiger partial charge in [-0.2, -0.15) is 0 Å². The number of hydrogen-bond donors (Lipinski definition) is 1. The summed E-state index contributed by atoms with van der Waals surface area (Å²) < 4.78 is 5.08. The molecule has 1 rings (SSSR count). The summed E-state index contributed by atoms with van der Waals surface area (Å²) in [5, 5.41) is 2.88. The number of benzene rings is 1. The lowest BCUT2D eigenvalue weighted by molar-refractivity contribution is -0.122. The van der Waals surface area contributed by atoms with E-state index in [0.717, 1.165) is 11.3 Å². The quantitative estimate of drug-likeness (QED) is 0.822. The van der Waals surface area contributed by atoms with E-state index in [0.29, 0.717) is 6.61 Å². The van der Waals surface area contributed by atoms with Crippen LogP contribution >= 0.6 is 11.6 Å². The molecule has 0 aliphatic rings. The van der Waals surface area contributed by atoms with Gasteiger partial charge in [0.05, 0.1) is 12.0 Å². The van der Waals surface area contributed by atoms with Gasteiger partial charge in [-0.1, -0.05) is 18.2 Å². The molecule has 0 spiro atoms. The molecule has 0 aliphatic carbocycles. The summed E-state index contributed by atoms with van der Waals surface area (Å²) in [6, 6.07) is 7.57. The first-order valence-corrected chi connectivity index (χ1v) is 5.99. The van der Waals surface area contributed by atoms with Crippen LogP contribution < -0.4 is 5.32 Å². The van der Waals surface area contributed by atoms with Gasteiger partial charge in [0.2, 0.25) is 5.91 Å². The van der Waals surface area contributed by atoms with E-state index in [1.807, 2.05) is 38.1 Å². The number of para-hydroxylation sites is 1. The lowest BCUT2D eigenvalue weighted by Crippen LogP contribution is -2.32. The van der Waals surface area contributed by atoms with Crippen molar-refractivity contribution < 1.29 is 9.53 Å². The molecule has 0 bridgehead atoms. The van der Waals surface area contributed by atoms with E-state index in [1.54, 1.807) is 7.11 Å². The van der Waals surface area contributed by atoms with Crippen LogP contribution in [0.1, 0.15) is 19.4 Å². The molecule has 94 valence electrons. The van der Waals surface area contributed by atoms with E-state index < -0.39 is 5.41 Å². The van der Waals surface area contributed by atoms with Crippen LogP contribution in [0, 0.1) is 5.41 Å². The minimum absolute atomic E-state index is 0.0870. The zero-order valence-corrected chi connectivity index (χ0v) is 11.2. The number of hydrogen-bond acceptors (Lipinski definition) is 2. The van der Waals surface area contributed by atoms with Gasteiger partial charge in [-0.05, 0) is 19.9 Å². The number of nitrogens with one attached hydrogen (secondary N) is 1. The van der Waals surface area contributed by atoms with Gasteiger partial charge < -0.3 is 10.1 Å². The number of methoxy groups -OCH3 is 1. The molecule has 17 heavy (non-hydrogen) atoms. The van der Waals surface area contributed by atoms with Gasteiger partial charge in [-0.25, -0.2) is 0 Å². The summed E-state index contributed by atoms with van der Waals surface area (Å²) in [7, 11) is 1.63. The Labute approximate surface area is 107 Å². The van der Waals surface area contributed by atoms with E-state index in [9.17, 15) is 4.79 Å². The van der Waals surface area contributed by atoms with Gasteiger partial charge in [0.1, 0.15) is 0 Å². The van der Waals surface area contributed by atoms with Crippen molar-refractivity contribution in [1.82, 2.24) is 0 Å². The van der Waals surface area contributed by atoms with Crippen molar-refractivity contribution in [3.63, 3.8) is 0 Å². The van der Waals surface area contributed by atoms with Crippen molar-refractivity contribution in [2.24, 2.45) is 5.41 Å².